The largest absolute Gasteiger partial charge is 0.377 e. The maximum Gasteiger partial charge on any atom is 0.0701 e. The van der Waals surface area contributed by atoms with Crippen LogP contribution < -0.4 is 0 Å². The summed E-state index contributed by atoms with van der Waals surface area (Å²) in [6.45, 7) is 41.3. The van der Waals surface area contributed by atoms with Gasteiger partial charge in [-0.25, -0.2) is 0 Å². The molecule has 0 bridgehead atoms. The number of hydrogen-bond acceptors (Lipinski definition) is 12. The average molecular weight is 1140 g/mol. The molecule has 0 N–H and O–H groups in total. The monoisotopic (exact) mass is 1140 g/mol. The number of hydrogen-bond donors (Lipinski definition) is 0. The van der Waals surface area contributed by atoms with Gasteiger partial charge in [0.15, 0.2) is 0 Å². The van der Waals surface area contributed by atoms with Crippen LogP contribution in [-0.2, 0) is 56.8 Å². The summed E-state index contributed by atoms with van der Waals surface area (Å²) in [5.41, 5.74) is 0. The standard InChI is InChI=1S/2C12H24O6.4C3H9Si.2K.2Sn/c2*1-2-14-5-6-16-9-10-18-12-11-17-8-7-15-4-3-13-1;4*1-4(2)3;;;;/h2*1-12H2;4*1-3H3;;;;. The number of ether oxygens (including phenoxy) is 12. The van der Waals surface area contributed by atoms with E-state index in [0.29, 0.717) is 159 Å². The van der Waals surface area contributed by atoms with Crippen LogP contribution in [0.2, 0.25) is 78.6 Å². The second-order valence-electron chi connectivity index (χ2n) is 13.3. The normalized spacial score (nSPS) is 18.0. The van der Waals surface area contributed by atoms with Crippen LogP contribution in [0.4, 0.5) is 0 Å². The van der Waals surface area contributed by atoms with E-state index in [-0.39, 0.29) is 186 Å². The zero-order valence-electron chi connectivity index (χ0n) is 38.9. The third-order valence-corrected chi connectivity index (χ3v) is 4.46. The fraction of sp³-hybridized carbons (Fsp3) is 1.00. The Morgan fingerprint density at radius 1 is 0.179 bits per heavy atom. The molecule has 2 aliphatic heterocycles. The van der Waals surface area contributed by atoms with E-state index in [1.807, 2.05) is 0 Å². The van der Waals surface area contributed by atoms with Crippen molar-refractivity contribution in [3.05, 3.63) is 0 Å². The van der Waals surface area contributed by atoms with Crippen LogP contribution in [0.5, 0.6) is 0 Å². The molecule has 0 amide bonds. The van der Waals surface area contributed by atoms with Crippen molar-refractivity contribution in [1.29, 1.82) is 0 Å². The van der Waals surface area contributed by atoms with Gasteiger partial charge in [-0.1, -0.05) is 78.6 Å². The molecule has 0 aliphatic carbocycles. The summed E-state index contributed by atoms with van der Waals surface area (Å²) in [6.07, 6.45) is 0. The van der Waals surface area contributed by atoms with Crippen LogP contribution in [0.1, 0.15) is 0 Å². The van der Waals surface area contributed by atoms with Gasteiger partial charge in [0.25, 0.3) is 0 Å². The van der Waals surface area contributed by atoms with Gasteiger partial charge < -0.3 is 56.8 Å². The predicted molar refractivity (Wildman–Crippen MR) is 246 cm³/mol. The van der Waals surface area contributed by atoms with Crippen molar-refractivity contribution in [2.24, 2.45) is 0 Å². The molecular weight excluding hydrogens is 1050 g/mol. The van der Waals surface area contributed by atoms with E-state index in [9.17, 15) is 0 Å². The van der Waals surface area contributed by atoms with Crippen molar-refractivity contribution in [3.8, 4) is 0 Å². The molecule has 0 aromatic carbocycles. The van der Waals surface area contributed by atoms with Crippen LogP contribution in [0.15, 0.2) is 0 Å². The summed E-state index contributed by atoms with van der Waals surface area (Å²) in [5.74, 6) is 0. The van der Waals surface area contributed by atoms with Crippen LogP contribution in [-0.4, -0.2) is 344 Å². The third-order valence-electron chi connectivity index (χ3n) is 4.46. The van der Waals surface area contributed by atoms with E-state index in [1.165, 1.54) is 0 Å². The van der Waals surface area contributed by atoms with Gasteiger partial charge in [0.05, 0.1) is 159 Å². The average Bonchev–Trinajstić information content (AvgIpc) is 3.04. The van der Waals surface area contributed by atoms with E-state index >= 15 is 0 Å². The van der Waals surface area contributed by atoms with E-state index in [0.717, 1.165) is 0 Å². The van der Waals surface area contributed by atoms with Gasteiger partial charge in [-0.2, -0.15) is 0 Å². The van der Waals surface area contributed by atoms with Crippen molar-refractivity contribution < 1.29 is 56.8 Å². The topological polar surface area (TPSA) is 111 Å². The molecule has 0 spiro atoms. The van der Waals surface area contributed by atoms with Gasteiger partial charge in [0, 0.05) is 186 Å². The van der Waals surface area contributed by atoms with Gasteiger partial charge in [-0.3, -0.25) is 0 Å². The molecule has 326 valence electrons. The Morgan fingerprint density at radius 3 is 0.250 bits per heavy atom. The molecule has 20 heteroatoms. The third kappa shape index (κ3) is 118. The Balaban J connectivity index is -0.0000000943. The van der Waals surface area contributed by atoms with Gasteiger partial charge in [0.1, 0.15) is 0 Å². The maximum atomic E-state index is 5.33. The van der Waals surface area contributed by atoms with Crippen LogP contribution in [0, 0.1) is 0 Å². The van der Waals surface area contributed by atoms with Gasteiger partial charge in [-0.05, 0) is 0 Å². The molecule has 12 nitrogen and oxygen atoms in total. The van der Waals surface area contributed by atoms with Gasteiger partial charge >= 0.3 is 0 Å². The van der Waals surface area contributed by atoms with E-state index in [4.69, 9.17) is 56.8 Å². The van der Waals surface area contributed by atoms with Crippen molar-refractivity contribution >= 4 is 186 Å². The summed E-state index contributed by atoms with van der Waals surface area (Å²) in [6, 6.07) is 0. The molecule has 0 saturated carbocycles. The smallest absolute Gasteiger partial charge is 0.0701 e. The molecule has 0 unspecified atom stereocenters. The maximum absolute atomic E-state index is 5.33. The quantitative estimate of drug-likeness (QED) is 0.326. The first-order valence-electron chi connectivity index (χ1n) is 18.9. The molecule has 14 radical (unpaired) electrons. The first-order chi connectivity index (χ1) is 24.9. The zero-order chi connectivity index (χ0) is 39.8. The molecule has 2 rings (SSSR count). The first kappa shape index (κ1) is 78.4. The molecular formula is C36H84K2O12Si4Sn2. The fourth-order valence-corrected chi connectivity index (χ4v) is 2.64. The first-order valence-corrected chi connectivity index (χ1v) is 30.9. The Morgan fingerprint density at radius 2 is 0.214 bits per heavy atom. The second kappa shape index (κ2) is 74.6. The molecule has 56 heavy (non-hydrogen) atoms. The molecule has 2 saturated heterocycles. The molecule has 2 fully saturated rings. The van der Waals surface area contributed by atoms with Crippen molar-refractivity contribution in [2.75, 3.05) is 159 Å². The summed E-state index contributed by atoms with van der Waals surface area (Å²) in [7, 11) is 0.481. The van der Waals surface area contributed by atoms with Crippen molar-refractivity contribution in [3.63, 3.8) is 0 Å². The number of rotatable bonds is 0. The predicted octanol–water partition coefficient (Wildman–Crippen LogP) is 4.16. The SMILES string of the molecule is C1COCCOCCOCCOCCOCCO1.C1COCCOCCOCCOCCOCCO1.C[Si](C)C.C[Si](C)C.C[Si](C)C.C[Si](C)C.[K].[K].[Sn].[Sn]. The molecule has 2 aliphatic rings. The minimum Gasteiger partial charge on any atom is -0.377 e. The summed E-state index contributed by atoms with van der Waals surface area (Å²) in [4.78, 5) is 0. The fourth-order valence-electron chi connectivity index (χ4n) is 2.64. The van der Waals surface area contributed by atoms with Crippen LogP contribution in [0.3, 0.4) is 0 Å². The molecule has 2 heterocycles. The Bertz CT molecular complexity index is 391. The van der Waals surface area contributed by atoms with E-state index in [1.54, 1.807) is 0 Å². The summed E-state index contributed by atoms with van der Waals surface area (Å²) in [5, 5.41) is 0. The van der Waals surface area contributed by atoms with Crippen molar-refractivity contribution in [2.45, 2.75) is 78.6 Å². The van der Waals surface area contributed by atoms with Crippen LogP contribution in [0.25, 0.3) is 0 Å². The van der Waals surface area contributed by atoms with E-state index in [2.05, 4.69) is 78.6 Å². The Labute approximate surface area is 472 Å². The van der Waals surface area contributed by atoms with E-state index < -0.39 is 0 Å². The molecule has 0 aromatic heterocycles. The zero-order valence-corrected chi connectivity index (χ0v) is 54.8. The van der Waals surface area contributed by atoms with Gasteiger partial charge in [-0.15, -0.1) is 0 Å². The minimum atomic E-state index is 0. The summed E-state index contributed by atoms with van der Waals surface area (Å²) >= 11 is 0. The van der Waals surface area contributed by atoms with Gasteiger partial charge in [0.2, 0.25) is 0 Å². The van der Waals surface area contributed by atoms with Crippen molar-refractivity contribution in [1.82, 2.24) is 0 Å². The minimum absolute atomic E-state index is 0. The molecule has 0 atom stereocenters. The Hall–Kier alpha value is 5.26. The summed E-state index contributed by atoms with van der Waals surface area (Å²) < 4.78 is 63.9. The second-order valence-corrected chi connectivity index (χ2v) is 25.3. The van der Waals surface area contributed by atoms with Crippen LogP contribution >= 0.6 is 0 Å². The molecule has 0 aromatic rings. The Kier molecular flexibility index (Phi) is 104.